The number of benzene rings is 2. The van der Waals surface area contributed by atoms with Crippen molar-refractivity contribution in [2.45, 2.75) is 13.0 Å². The normalized spacial score (nSPS) is 14.8. The van der Waals surface area contributed by atoms with Crippen LogP contribution in [0.25, 0.3) is 17.0 Å². The molecule has 8 heteroatoms. The molecular formula is C26H27N5O3. The van der Waals surface area contributed by atoms with E-state index in [1.807, 2.05) is 53.6 Å². The van der Waals surface area contributed by atoms with Crippen molar-refractivity contribution < 1.29 is 14.1 Å². The highest BCUT2D eigenvalue weighted by Gasteiger charge is 2.21. The molecule has 0 bridgehead atoms. The predicted octanol–water partition coefficient (Wildman–Crippen LogP) is 3.51. The lowest BCUT2D eigenvalue weighted by Gasteiger charge is -2.33. The summed E-state index contributed by atoms with van der Waals surface area (Å²) < 4.78 is 10.7. The van der Waals surface area contributed by atoms with Crippen LogP contribution in [0.5, 0.6) is 5.75 Å². The number of para-hydroxylation sites is 1. The summed E-state index contributed by atoms with van der Waals surface area (Å²) in [5.74, 6) is 2.07. The molecule has 2 aromatic carbocycles. The van der Waals surface area contributed by atoms with Crippen molar-refractivity contribution in [1.29, 1.82) is 0 Å². The number of amides is 1. The Kier molecular flexibility index (Phi) is 6.40. The van der Waals surface area contributed by atoms with Gasteiger partial charge < -0.3 is 19.1 Å². The molecule has 0 atom stereocenters. The molecule has 0 unspecified atom stereocenters. The molecule has 1 aliphatic heterocycles. The average Bonchev–Trinajstić information content (AvgIpc) is 3.50. The molecule has 8 nitrogen and oxygen atoms in total. The number of piperazine rings is 1. The standard InChI is InChI=1S/C26H27N5O3/c1-33-21-6-4-5-19(15-21)9-10-26(32)31-13-11-30(12-14-31)18-24-28-25(34-29-24)16-20-17-27-23-8-3-2-7-22(20)23/h2-10,15,17,27H,11-14,16,18H2,1H3/b10-9+. The lowest BCUT2D eigenvalue weighted by Crippen LogP contribution is -2.47. The third-order valence-electron chi connectivity index (χ3n) is 6.09. The second-order valence-electron chi connectivity index (χ2n) is 8.35. The minimum atomic E-state index is 0.0167. The van der Waals surface area contributed by atoms with E-state index in [-0.39, 0.29) is 5.91 Å². The van der Waals surface area contributed by atoms with Gasteiger partial charge in [0.1, 0.15) is 5.75 Å². The van der Waals surface area contributed by atoms with Crippen LogP contribution < -0.4 is 4.74 Å². The summed E-state index contributed by atoms with van der Waals surface area (Å²) in [6.45, 7) is 3.48. The number of nitrogens with zero attached hydrogens (tertiary/aromatic N) is 4. The number of hydrogen-bond acceptors (Lipinski definition) is 6. The van der Waals surface area contributed by atoms with Gasteiger partial charge in [-0.3, -0.25) is 9.69 Å². The molecule has 0 radical (unpaired) electrons. The summed E-state index contributed by atoms with van der Waals surface area (Å²) in [4.78, 5) is 24.6. The first-order valence-corrected chi connectivity index (χ1v) is 11.4. The number of ether oxygens (including phenoxy) is 1. The Hall–Kier alpha value is -3.91. The molecule has 1 aliphatic rings. The third-order valence-corrected chi connectivity index (χ3v) is 6.09. The molecule has 1 N–H and O–H groups in total. The van der Waals surface area contributed by atoms with Gasteiger partial charge in [-0.05, 0) is 35.4 Å². The van der Waals surface area contributed by atoms with Crippen LogP contribution >= 0.6 is 0 Å². The Balaban J connectivity index is 1.12. The predicted molar refractivity (Wildman–Crippen MR) is 129 cm³/mol. The number of carbonyl (C=O) groups is 1. The molecule has 34 heavy (non-hydrogen) atoms. The quantitative estimate of drug-likeness (QED) is 0.428. The average molecular weight is 458 g/mol. The lowest BCUT2D eigenvalue weighted by molar-refractivity contribution is -0.127. The van der Waals surface area contributed by atoms with Gasteiger partial charge in [0.15, 0.2) is 5.82 Å². The minimum absolute atomic E-state index is 0.0167. The third kappa shape index (κ3) is 5.02. The molecule has 4 aromatic rings. The van der Waals surface area contributed by atoms with Gasteiger partial charge in [0, 0.05) is 49.4 Å². The van der Waals surface area contributed by atoms with Crippen molar-refractivity contribution in [3.8, 4) is 5.75 Å². The summed E-state index contributed by atoms with van der Waals surface area (Å²) in [5.41, 5.74) is 3.18. The first-order valence-electron chi connectivity index (χ1n) is 11.4. The highest BCUT2D eigenvalue weighted by atomic mass is 16.5. The van der Waals surface area contributed by atoms with Crippen LogP contribution in [0.4, 0.5) is 0 Å². The molecule has 1 amide bonds. The van der Waals surface area contributed by atoms with E-state index in [2.05, 4.69) is 32.2 Å². The number of hydrogen-bond donors (Lipinski definition) is 1. The van der Waals surface area contributed by atoms with Gasteiger partial charge in [0.2, 0.25) is 11.8 Å². The van der Waals surface area contributed by atoms with E-state index in [1.54, 1.807) is 13.2 Å². The second-order valence-corrected chi connectivity index (χ2v) is 8.35. The summed E-state index contributed by atoms with van der Waals surface area (Å²) >= 11 is 0. The zero-order valence-corrected chi connectivity index (χ0v) is 19.1. The smallest absolute Gasteiger partial charge is 0.246 e. The monoisotopic (exact) mass is 457 g/mol. The van der Waals surface area contributed by atoms with Crippen molar-refractivity contribution in [2.75, 3.05) is 33.3 Å². The van der Waals surface area contributed by atoms with Crippen molar-refractivity contribution in [3.05, 3.63) is 83.6 Å². The summed E-state index contributed by atoms with van der Waals surface area (Å²) in [6, 6.07) is 15.8. The molecule has 0 aliphatic carbocycles. The number of methoxy groups -OCH3 is 1. The van der Waals surface area contributed by atoms with E-state index in [0.717, 1.165) is 35.5 Å². The lowest BCUT2D eigenvalue weighted by atomic mass is 10.1. The second kappa shape index (κ2) is 9.93. The van der Waals surface area contributed by atoms with E-state index in [4.69, 9.17) is 9.26 Å². The molecule has 174 valence electrons. The molecule has 1 saturated heterocycles. The van der Waals surface area contributed by atoms with E-state index in [9.17, 15) is 4.79 Å². The van der Waals surface area contributed by atoms with Crippen molar-refractivity contribution in [1.82, 2.24) is 24.9 Å². The van der Waals surface area contributed by atoms with E-state index in [0.29, 0.717) is 37.8 Å². The van der Waals surface area contributed by atoms with Crippen LogP contribution in [0.1, 0.15) is 22.8 Å². The summed E-state index contributed by atoms with van der Waals surface area (Å²) in [7, 11) is 1.63. The number of rotatable bonds is 7. The van der Waals surface area contributed by atoms with Crippen molar-refractivity contribution >= 4 is 22.9 Å². The van der Waals surface area contributed by atoms with Crippen LogP contribution in [0.3, 0.4) is 0 Å². The van der Waals surface area contributed by atoms with Crippen LogP contribution in [-0.4, -0.2) is 64.1 Å². The van der Waals surface area contributed by atoms with Gasteiger partial charge in [-0.15, -0.1) is 0 Å². The van der Waals surface area contributed by atoms with Crippen LogP contribution in [0.15, 0.2) is 65.3 Å². The van der Waals surface area contributed by atoms with E-state index < -0.39 is 0 Å². The fourth-order valence-corrected chi connectivity index (χ4v) is 4.21. The minimum Gasteiger partial charge on any atom is -0.497 e. The Bertz CT molecular complexity index is 1300. The van der Waals surface area contributed by atoms with Crippen molar-refractivity contribution in [2.24, 2.45) is 0 Å². The molecule has 2 aromatic heterocycles. The molecular weight excluding hydrogens is 430 g/mol. The Morgan fingerprint density at radius 2 is 2.00 bits per heavy atom. The number of carbonyl (C=O) groups excluding carboxylic acids is 1. The number of aromatic nitrogens is 3. The molecule has 3 heterocycles. The van der Waals surface area contributed by atoms with Crippen LogP contribution in [-0.2, 0) is 17.8 Å². The number of aromatic amines is 1. The SMILES string of the molecule is COc1cccc(/C=C/C(=O)N2CCN(Cc3noc(Cc4c[nH]c5ccccc45)n3)CC2)c1. The summed E-state index contributed by atoms with van der Waals surface area (Å²) in [6.07, 6.45) is 6.04. The zero-order chi connectivity index (χ0) is 23.3. The first-order chi connectivity index (χ1) is 16.7. The largest absolute Gasteiger partial charge is 0.497 e. The molecule has 0 spiro atoms. The van der Waals surface area contributed by atoms with Crippen molar-refractivity contribution in [3.63, 3.8) is 0 Å². The molecule has 0 saturated carbocycles. The Labute approximate surface area is 197 Å². The summed E-state index contributed by atoms with van der Waals surface area (Å²) in [5, 5.41) is 5.33. The van der Waals surface area contributed by atoms with Crippen LogP contribution in [0, 0.1) is 0 Å². The maximum Gasteiger partial charge on any atom is 0.246 e. The number of nitrogens with one attached hydrogen (secondary N) is 1. The highest BCUT2D eigenvalue weighted by Crippen LogP contribution is 2.20. The van der Waals surface area contributed by atoms with Gasteiger partial charge in [-0.25, -0.2) is 0 Å². The van der Waals surface area contributed by atoms with Gasteiger partial charge in [-0.1, -0.05) is 35.5 Å². The number of H-pyrrole nitrogens is 1. The maximum absolute atomic E-state index is 12.6. The fourth-order valence-electron chi connectivity index (χ4n) is 4.21. The highest BCUT2D eigenvalue weighted by molar-refractivity contribution is 5.92. The molecule has 1 fully saturated rings. The van der Waals surface area contributed by atoms with E-state index >= 15 is 0 Å². The Morgan fingerprint density at radius 1 is 1.15 bits per heavy atom. The fraction of sp³-hybridized carbons (Fsp3) is 0.269. The van der Waals surface area contributed by atoms with Gasteiger partial charge >= 0.3 is 0 Å². The van der Waals surface area contributed by atoms with Crippen LogP contribution in [0.2, 0.25) is 0 Å². The Morgan fingerprint density at radius 3 is 2.85 bits per heavy atom. The zero-order valence-electron chi connectivity index (χ0n) is 19.1. The molecule has 5 rings (SSSR count). The van der Waals surface area contributed by atoms with Gasteiger partial charge in [0.05, 0.1) is 20.1 Å². The maximum atomic E-state index is 12.6. The topological polar surface area (TPSA) is 87.5 Å². The van der Waals surface area contributed by atoms with E-state index in [1.165, 1.54) is 5.39 Å². The van der Waals surface area contributed by atoms with Gasteiger partial charge in [-0.2, -0.15) is 4.98 Å². The number of fused-ring (bicyclic) bond motifs is 1. The first kappa shape index (κ1) is 21.9. The van der Waals surface area contributed by atoms with Gasteiger partial charge in [0.25, 0.3) is 0 Å².